The lowest BCUT2D eigenvalue weighted by molar-refractivity contribution is 0.0930. The number of hydrogen-bond acceptors (Lipinski definition) is 3. The van der Waals surface area contributed by atoms with Gasteiger partial charge in [0.2, 0.25) is 0 Å². The smallest absolute Gasteiger partial charge is 0.287 e. The lowest BCUT2D eigenvalue weighted by Gasteiger charge is -1.97. The highest BCUT2D eigenvalue weighted by Crippen LogP contribution is 2.12. The summed E-state index contributed by atoms with van der Waals surface area (Å²) in [6.45, 7) is 0.886. The van der Waals surface area contributed by atoms with Gasteiger partial charge >= 0.3 is 0 Å². The van der Waals surface area contributed by atoms with Crippen molar-refractivity contribution in [2.75, 3.05) is 13.1 Å². The van der Waals surface area contributed by atoms with E-state index in [4.69, 9.17) is 21.8 Å². The number of halogens is 1. The average Bonchev–Trinajstić information content (AvgIpc) is 2.59. The van der Waals surface area contributed by atoms with Crippen LogP contribution in [0, 0.1) is 0 Å². The fourth-order valence-corrected chi connectivity index (χ4v) is 1.00. The fraction of sp³-hybridized carbons (Fsp3) is 0.222. The Balaban J connectivity index is 2.39. The molecule has 0 aromatic carbocycles. The number of furan rings is 1. The zero-order valence-electron chi connectivity index (χ0n) is 7.50. The van der Waals surface area contributed by atoms with Gasteiger partial charge in [0.25, 0.3) is 5.91 Å². The van der Waals surface area contributed by atoms with Crippen LogP contribution >= 0.6 is 11.6 Å². The third-order valence-electron chi connectivity index (χ3n) is 1.48. The molecule has 0 atom stereocenters. The second kappa shape index (κ2) is 5.47. The number of nitrogens with one attached hydrogen (secondary N) is 1. The number of carbonyl (C=O) groups is 1. The quantitative estimate of drug-likeness (QED) is 0.740. The molecule has 0 radical (unpaired) electrons. The Bertz CT molecular complexity index is 333. The first-order valence-electron chi connectivity index (χ1n) is 4.12. The first-order chi connectivity index (χ1) is 6.74. The molecule has 0 aliphatic carbocycles. The normalized spacial score (nSPS) is 10.7. The van der Waals surface area contributed by atoms with E-state index < -0.39 is 0 Å². The molecule has 1 aromatic heterocycles. The zero-order chi connectivity index (χ0) is 10.4. The molecule has 76 valence electrons. The van der Waals surface area contributed by atoms with E-state index in [9.17, 15) is 4.79 Å². The van der Waals surface area contributed by atoms with Gasteiger partial charge in [-0.05, 0) is 23.7 Å². The van der Waals surface area contributed by atoms with Crippen LogP contribution in [0.15, 0.2) is 28.7 Å². The molecular weight excluding hydrogens is 204 g/mol. The van der Waals surface area contributed by atoms with E-state index in [0.29, 0.717) is 13.1 Å². The molecule has 0 aliphatic heterocycles. The molecule has 5 heteroatoms. The van der Waals surface area contributed by atoms with E-state index in [1.807, 2.05) is 0 Å². The van der Waals surface area contributed by atoms with Crippen LogP contribution in [0.4, 0.5) is 0 Å². The van der Waals surface area contributed by atoms with Gasteiger partial charge in [-0.3, -0.25) is 4.79 Å². The standard InChI is InChI=1S/C9H11ClN2O2/c10-8-4-3-7(14-8)9(13)12-6-2-1-5-11/h1-4H,5-6,11H2,(H,12,13)/b2-1+. The van der Waals surface area contributed by atoms with Crippen molar-refractivity contribution in [1.29, 1.82) is 0 Å². The molecular formula is C9H11ClN2O2. The van der Waals surface area contributed by atoms with Gasteiger partial charge in [-0.25, -0.2) is 0 Å². The predicted molar refractivity (Wildman–Crippen MR) is 54.2 cm³/mol. The molecule has 0 saturated heterocycles. The van der Waals surface area contributed by atoms with Crippen molar-refractivity contribution in [2.24, 2.45) is 5.73 Å². The molecule has 0 spiro atoms. The van der Waals surface area contributed by atoms with Gasteiger partial charge in [-0.1, -0.05) is 12.2 Å². The molecule has 1 heterocycles. The van der Waals surface area contributed by atoms with Crippen molar-refractivity contribution in [1.82, 2.24) is 5.32 Å². The van der Waals surface area contributed by atoms with Gasteiger partial charge in [0.15, 0.2) is 11.0 Å². The minimum Gasteiger partial charge on any atom is -0.440 e. The van der Waals surface area contributed by atoms with Gasteiger partial charge in [-0.15, -0.1) is 0 Å². The number of hydrogen-bond donors (Lipinski definition) is 2. The molecule has 0 fully saturated rings. The van der Waals surface area contributed by atoms with Gasteiger partial charge in [0.05, 0.1) is 0 Å². The second-order valence-corrected chi connectivity index (χ2v) is 2.89. The molecule has 4 nitrogen and oxygen atoms in total. The van der Waals surface area contributed by atoms with Crippen LogP contribution in [0.2, 0.25) is 5.22 Å². The number of rotatable bonds is 4. The van der Waals surface area contributed by atoms with Crippen molar-refractivity contribution in [2.45, 2.75) is 0 Å². The molecule has 3 N–H and O–H groups in total. The van der Waals surface area contributed by atoms with Crippen LogP contribution in [0.1, 0.15) is 10.6 Å². The summed E-state index contributed by atoms with van der Waals surface area (Å²) in [6.07, 6.45) is 3.53. The number of amides is 1. The predicted octanol–water partition coefficient (Wildman–Crippen LogP) is 1.18. The van der Waals surface area contributed by atoms with Crippen molar-refractivity contribution >= 4 is 17.5 Å². The maximum atomic E-state index is 11.3. The van der Waals surface area contributed by atoms with Crippen LogP contribution in [0.25, 0.3) is 0 Å². The van der Waals surface area contributed by atoms with E-state index in [-0.39, 0.29) is 16.9 Å². The van der Waals surface area contributed by atoms with Gasteiger partial charge in [-0.2, -0.15) is 0 Å². The SMILES string of the molecule is NC/C=C/CNC(=O)c1ccc(Cl)o1. The third-order valence-corrected chi connectivity index (χ3v) is 1.68. The van der Waals surface area contributed by atoms with E-state index in [0.717, 1.165) is 0 Å². The minimum atomic E-state index is -0.293. The highest BCUT2D eigenvalue weighted by Gasteiger charge is 2.08. The molecule has 1 amide bonds. The molecule has 0 aliphatic rings. The molecule has 0 saturated carbocycles. The highest BCUT2D eigenvalue weighted by molar-refractivity contribution is 6.29. The lowest BCUT2D eigenvalue weighted by atomic mass is 10.4. The van der Waals surface area contributed by atoms with E-state index in [1.165, 1.54) is 12.1 Å². The lowest BCUT2D eigenvalue weighted by Crippen LogP contribution is -2.22. The molecule has 0 bridgehead atoms. The van der Waals surface area contributed by atoms with Crippen LogP contribution in [0.3, 0.4) is 0 Å². The summed E-state index contributed by atoms with van der Waals surface area (Å²) < 4.78 is 4.91. The summed E-state index contributed by atoms with van der Waals surface area (Å²) in [5.74, 6) is -0.0882. The average molecular weight is 215 g/mol. The van der Waals surface area contributed by atoms with E-state index in [1.54, 1.807) is 12.2 Å². The monoisotopic (exact) mass is 214 g/mol. The maximum Gasteiger partial charge on any atom is 0.287 e. The summed E-state index contributed by atoms with van der Waals surface area (Å²) in [5, 5.41) is 2.81. The first kappa shape index (κ1) is 10.8. The summed E-state index contributed by atoms with van der Waals surface area (Å²) in [7, 11) is 0. The van der Waals surface area contributed by atoms with Crippen LogP contribution in [-0.4, -0.2) is 19.0 Å². The Morgan fingerprint density at radius 2 is 2.36 bits per heavy atom. The van der Waals surface area contributed by atoms with E-state index >= 15 is 0 Å². The topological polar surface area (TPSA) is 68.3 Å². The van der Waals surface area contributed by atoms with Crippen molar-refractivity contribution in [3.8, 4) is 0 Å². The van der Waals surface area contributed by atoms with Crippen molar-refractivity contribution < 1.29 is 9.21 Å². The first-order valence-corrected chi connectivity index (χ1v) is 4.50. The minimum absolute atomic E-state index is 0.202. The third kappa shape index (κ3) is 3.24. The zero-order valence-corrected chi connectivity index (χ0v) is 8.25. The summed E-state index contributed by atoms with van der Waals surface area (Å²) in [6, 6.07) is 3.04. The Morgan fingerprint density at radius 1 is 1.57 bits per heavy atom. The Kier molecular flexibility index (Phi) is 4.22. The van der Waals surface area contributed by atoms with Crippen LogP contribution in [0.5, 0.6) is 0 Å². The Labute approximate surface area is 86.7 Å². The molecule has 1 aromatic rings. The van der Waals surface area contributed by atoms with Crippen LogP contribution < -0.4 is 11.1 Å². The Hall–Kier alpha value is -1.26. The summed E-state index contributed by atoms with van der Waals surface area (Å²) in [5.41, 5.74) is 5.22. The highest BCUT2D eigenvalue weighted by atomic mass is 35.5. The second-order valence-electron chi connectivity index (χ2n) is 2.52. The van der Waals surface area contributed by atoms with E-state index in [2.05, 4.69) is 5.32 Å². The van der Waals surface area contributed by atoms with Gasteiger partial charge < -0.3 is 15.5 Å². The molecule has 1 rings (SSSR count). The number of nitrogens with two attached hydrogens (primary N) is 1. The van der Waals surface area contributed by atoms with Crippen LogP contribution in [-0.2, 0) is 0 Å². The largest absolute Gasteiger partial charge is 0.440 e. The summed E-state index contributed by atoms with van der Waals surface area (Å²) >= 11 is 5.51. The summed E-state index contributed by atoms with van der Waals surface area (Å²) in [4.78, 5) is 11.3. The fourth-order valence-electron chi connectivity index (χ4n) is 0.855. The molecule has 14 heavy (non-hydrogen) atoms. The van der Waals surface area contributed by atoms with Crippen molar-refractivity contribution in [3.05, 3.63) is 35.3 Å². The molecule has 0 unspecified atom stereocenters. The van der Waals surface area contributed by atoms with Gasteiger partial charge in [0.1, 0.15) is 0 Å². The number of carbonyl (C=O) groups excluding carboxylic acids is 1. The Morgan fingerprint density at radius 3 is 2.93 bits per heavy atom. The van der Waals surface area contributed by atoms with Gasteiger partial charge in [0, 0.05) is 13.1 Å². The van der Waals surface area contributed by atoms with Crippen molar-refractivity contribution in [3.63, 3.8) is 0 Å². The maximum absolute atomic E-state index is 11.3.